The smallest absolute Gasteiger partial charge is 0.145 e. The Kier molecular flexibility index (Phi) is 3.24. The van der Waals surface area contributed by atoms with E-state index in [1.165, 1.54) is 0 Å². The van der Waals surface area contributed by atoms with Crippen LogP contribution >= 0.6 is 0 Å². The summed E-state index contributed by atoms with van der Waals surface area (Å²) in [6, 6.07) is 7.82. The van der Waals surface area contributed by atoms with E-state index in [1.807, 2.05) is 38.1 Å². The molecular weight excluding hydrogens is 214 g/mol. The molecular formula is C13H17N3O. The predicted octanol–water partition coefficient (Wildman–Crippen LogP) is 2.47. The van der Waals surface area contributed by atoms with Crippen molar-refractivity contribution in [3.8, 4) is 0 Å². The first-order chi connectivity index (χ1) is 8.11. The van der Waals surface area contributed by atoms with E-state index < -0.39 is 0 Å². The Hall–Kier alpha value is -1.68. The third-order valence-corrected chi connectivity index (χ3v) is 2.70. The lowest BCUT2D eigenvalue weighted by atomic mass is 10.1. The topological polar surface area (TPSA) is 47.0 Å². The van der Waals surface area contributed by atoms with Gasteiger partial charge in [-0.1, -0.05) is 12.1 Å². The molecule has 90 valence electrons. The average molecular weight is 231 g/mol. The first kappa shape index (κ1) is 11.8. The van der Waals surface area contributed by atoms with Gasteiger partial charge in [-0.3, -0.25) is 4.98 Å². The van der Waals surface area contributed by atoms with Crippen LogP contribution in [0.5, 0.6) is 0 Å². The molecule has 0 aliphatic carbocycles. The Morgan fingerprint density at radius 1 is 1.24 bits per heavy atom. The van der Waals surface area contributed by atoms with Crippen LogP contribution in [-0.4, -0.2) is 29.2 Å². The number of hydrogen-bond acceptors (Lipinski definition) is 4. The third-order valence-electron chi connectivity index (χ3n) is 2.70. The van der Waals surface area contributed by atoms with Gasteiger partial charge in [-0.25, -0.2) is 4.98 Å². The molecule has 0 unspecified atom stereocenters. The first-order valence-corrected chi connectivity index (χ1v) is 5.61. The summed E-state index contributed by atoms with van der Waals surface area (Å²) in [7, 11) is 1.70. The molecule has 0 bridgehead atoms. The lowest BCUT2D eigenvalue weighted by Crippen LogP contribution is -2.32. The molecule has 1 aromatic carbocycles. The molecule has 1 aromatic heterocycles. The van der Waals surface area contributed by atoms with Crippen molar-refractivity contribution in [2.24, 2.45) is 0 Å². The summed E-state index contributed by atoms with van der Waals surface area (Å²) in [5.41, 5.74) is 1.59. The monoisotopic (exact) mass is 231 g/mol. The van der Waals surface area contributed by atoms with Crippen LogP contribution in [0.2, 0.25) is 0 Å². The van der Waals surface area contributed by atoms with Crippen LogP contribution in [0, 0.1) is 0 Å². The highest BCUT2D eigenvalue weighted by Gasteiger charge is 2.15. The van der Waals surface area contributed by atoms with Crippen LogP contribution in [0.25, 0.3) is 11.0 Å². The van der Waals surface area contributed by atoms with E-state index in [-0.39, 0.29) is 5.60 Å². The van der Waals surface area contributed by atoms with Crippen molar-refractivity contribution >= 4 is 16.9 Å². The number of aromatic nitrogens is 2. The molecule has 2 aromatic rings. The molecule has 1 N–H and O–H groups in total. The fourth-order valence-electron chi connectivity index (χ4n) is 1.42. The second kappa shape index (κ2) is 4.67. The fraction of sp³-hybridized carbons (Fsp3) is 0.385. The van der Waals surface area contributed by atoms with E-state index >= 15 is 0 Å². The van der Waals surface area contributed by atoms with E-state index in [2.05, 4.69) is 15.3 Å². The molecule has 0 saturated carbocycles. The summed E-state index contributed by atoms with van der Waals surface area (Å²) in [6.45, 7) is 4.74. The van der Waals surface area contributed by atoms with Crippen LogP contribution < -0.4 is 5.32 Å². The van der Waals surface area contributed by atoms with Gasteiger partial charge in [-0.15, -0.1) is 0 Å². The molecule has 2 rings (SSSR count). The van der Waals surface area contributed by atoms with Gasteiger partial charge >= 0.3 is 0 Å². The molecule has 0 atom stereocenters. The number of ether oxygens (including phenoxy) is 1. The van der Waals surface area contributed by atoms with Crippen molar-refractivity contribution in [1.29, 1.82) is 0 Å². The Bertz CT molecular complexity index is 511. The van der Waals surface area contributed by atoms with Gasteiger partial charge in [0, 0.05) is 13.7 Å². The number of rotatable bonds is 4. The quantitative estimate of drug-likeness (QED) is 0.878. The Balaban J connectivity index is 2.14. The van der Waals surface area contributed by atoms with Gasteiger partial charge in [-0.2, -0.15) is 0 Å². The second-order valence-corrected chi connectivity index (χ2v) is 4.56. The number of fused-ring (bicyclic) bond motifs is 1. The van der Waals surface area contributed by atoms with Crippen LogP contribution in [0.3, 0.4) is 0 Å². The molecule has 0 aliphatic rings. The van der Waals surface area contributed by atoms with Crippen molar-refractivity contribution in [2.45, 2.75) is 19.4 Å². The lowest BCUT2D eigenvalue weighted by Gasteiger charge is -2.23. The maximum absolute atomic E-state index is 5.34. The molecule has 0 saturated heterocycles. The number of anilines is 1. The molecule has 0 spiro atoms. The molecule has 17 heavy (non-hydrogen) atoms. The number of methoxy groups -OCH3 is 1. The minimum absolute atomic E-state index is 0.215. The highest BCUT2D eigenvalue weighted by atomic mass is 16.5. The number of para-hydroxylation sites is 2. The van der Waals surface area contributed by atoms with Crippen LogP contribution in [0.1, 0.15) is 13.8 Å². The third kappa shape index (κ3) is 2.91. The largest absolute Gasteiger partial charge is 0.377 e. The van der Waals surface area contributed by atoms with E-state index in [1.54, 1.807) is 13.3 Å². The predicted molar refractivity (Wildman–Crippen MR) is 69.1 cm³/mol. The highest BCUT2D eigenvalue weighted by molar-refractivity contribution is 5.75. The Morgan fingerprint density at radius 2 is 1.94 bits per heavy atom. The zero-order chi connectivity index (χ0) is 12.3. The normalized spacial score (nSPS) is 11.7. The molecule has 1 heterocycles. The van der Waals surface area contributed by atoms with E-state index in [0.717, 1.165) is 16.9 Å². The second-order valence-electron chi connectivity index (χ2n) is 4.56. The summed E-state index contributed by atoms with van der Waals surface area (Å²) in [5.74, 6) is 0.772. The minimum atomic E-state index is -0.215. The zero-order valence-electron chi connectivity index (χ0n) is 10.4. The number of nitrogens with one attached hydrogen (secondary N) is 1. The van der Waals surface area contributed by atoms with E-state index in [9.17, 15) is 0 Å². The number of nitrogens with zero attached hydrogens (tertiary/aromatic N) is 2. The molecule has 0 amide bonds. The van der Waals surface area contributed by atoms with Crippen molar-refractivity contribution in [2.75, 3.05) is 19.0 Å². The Labute approximate surface area is 101 Å². The summed E-state index contributed by atoms with van der Waals surface area (Å²) in [6.07, 6.45) is 1.74. The van der Waals surface area contributed by atoms with Crippen LogP contribution in [0.15, 0.2) is 30.5 Å². The fourth-order valence-corrected chi connectivity index (χ4v) is 1.42. The SMILES string of the molecule is COC(C)(C)CNc1cnc2ccccc2n1. The average Bonchev–Trinajstić information content (AvgIpc) is 2.36. The minimum Gasteiger partial charge on any atom is -0.377 e. The molecule has 0 aliphatic heterocycles. The first-order valence-electron chi connectivity index (χ1n) is 5.61. The van der Waals surface area contributed by atoms with Gasteiger partial charge in [0.25, 0.3) is 0 Å². The van der Waals surface area contributed by atoms with Crippen molar-refractivity contribution in [3.63, 3.8) is 0 Å². The maximum Gasteiger partial charge on any atom is 0.145 e. The molecule has 4 nitrogen and oxygen atoms in total. The Morgan fingerprint density at radius 3 is 2.65 bits per heavy atom. The van der Waals surface area contributed by atoms with E-state index in [0.29, 0.717) is 6.54 Å². The molecule has 0 radical (unpaired) electrons. The number of benzene rings is 1. The zero-order valence-corrected chi connectivity index (χ0v) is 10.4. The molecule has 4 heteroatoms. The standard InChI is InChI=1S/C13H17N3O/c1-13(2,17-3)9-15-12-8-14-10-6-4-5-7-11(10)16-12/h4-8H,9H2,1-3H3,(H,15,16). The maximum atomic E-state index is 5.34. The van der Waals surface area contributed by atoms with Gasteiger partial charge in [0.1, 0.15) is 5.82 Å². The summed E-state index contributed by atoms with van der Waals surface area (Å²) >= 11 is 0. The van der Waals surface area contributed by atoms with Crippen molar-refractivity contribution in [1.82, 2.24) is 9.97 Å². The summed E-state index contributed by atoms with van der Waals surface area (Å²) < 4.78 is 5.34. The van der Waals surface area contributed by atoms with E-state index in [4.69, 9.17) is 4.74 Å². The van der Waals surface area contributed by atoms with Gasteiger partial charge in [0.05, 0.1) is 22.8 Å². The van der Waals surface area contributed by atoms with Gasteiger partial charge in [0.15, 0.2) is 0 Å². The van der Waals surface area contributed by atoms with Gasteiger partial charge in [0.2, 0.25) is 0 Å². The van der Waals surface area contributed by atoms with Gasteiger partial charge < -0.3 is 10.1 Å². The van der Waals surface area contributed by atoms with Crippen LogP contribution in [-0.2, 0) is 4.74 Å². The molecule has 0 fully saturated rings. The van der Waals surface area contributed by atoms with Crippen LogP contribution in [0.4, 0.5) is 5.82 Å². The number of hydrogen-bond donors (Lipinski definition) is 1. The highest BCUT2D eigenvalue weighted by Crippen LogP contribution is 2.13. The lowest BCUT2D eigenvalue weighted by molar-refractivity contribution is 0.0343. The van der Waals surface area contributed by atoms with Crippen molar-refractivity contribution < 1.29 is 4.74 Å². The summed E-state index contributed by atoms with van der Waals surface area (Å²) in [4.78, 5) is 8.83. The van der Waals surface area contributed by atoms with Crippen molar-refractivity contribution in [3.05, 3.63) is 30.5 Å². The summed E-state index contributed by atoms with van der Waals surface area (Å²) in [5, 5.41) is 3.23. The van der Waals surface area contributed by atoms with Gasteiger partial charge in [-0.05, 0) is 26.0 Å².